The molecule has 1 aromatic heterocycles. The fourth-order valence-corrected chi connectivity index (χ4v) is 1.82. The third-order valence-corrected chi connectivity index (χ3v) is 2.82. The summed E-state index contributed by atoms with van der Waals surface area (Å²) in [7, 11) is 3.15. The molecule has 0 unspecified atom stereocenters. The van der Waals surface area contributed by atoms with Crippen LogP contribution in [0.2, 0.25) is 0 Å². The minimum atomic E-state index is -0.0754. The summed E-state index contributed by atoms with van der Waals surface area (Å²) < 4.78 is 10.4. The van der Waals surface area contributed by atoms with Crippen LogP contribution >= 0.6 is 0 Å². The van der Waals surface area contributed by atoms with Crippen LogP contribution in [0.4, 0.5) is 0 Å². The minimum absolute atomic E-state index is 0.0754. The molecule has 2 rings (SSSR count). The van der Waals surface area contributed by atoms with E-state index in [2.05, 4.69) is 15.3 Å². The van der Waals surface area contributed by atoms with Gasteiger partial charge in [0, 0.05) is 12.4 Å². The van der Waals surface area contributed by atoms with Gasteiger partial charge in [0.1, 0.15) is 5.82 Å². The van der Waals surface area contributed by atoms with Crippen molar-refractivity contribution in [3.63, 3.8) is 0 Å². The van der Waals surface area contributed by atoms with E-state index in [4.69, 9.17) is 9.47 Å². The van der Waals surface area contributed by atoms with Crippen LogP contribution in [-0.4, -0.2) is 30.1 Å². The fourth-order valence-electron chi connectivity index (χ4n) is 1.82. The molecule has 0 saturated heterocycles. The van der Waals surface area contributed by atoms with Crippen LogP contribution in [-0.2, 0) is 17.8 Å². The lowest BCUT2D eigenvalue weighted by Gasteiger charge is -2.09. The minimum Gasteiger partial charge on any atom is -0.493 e. The monoisotopic (exact) mass is 275 g/mol. The zero-order chi connectivity index (χ0) is 14.4. The first-order valence-electron chi connectivity index (χ1n) is 6.18. The Balaban J connectivity index is 1.93. The maximum absolute atomic E-state index is 11.8. The van der Waals surface area contributed by atoms with Crippen molar-refractivity contribution in [2.75, 3.05) is 14.2 Å². The van der Waals surface area contributed by atoms with Gasteiger partial charge in [-0.2, -0.15) is 0 Å². The van der Waals surface area contributed by atoms with Crippen molar-refractivity contribution in [2.24, 2.45) is 0 Å². The smallest absolute Gasteiger partial charge is 0.224 e. The molecule has 1 aromatic carbocycles. The van der Waals surface area contributed by atoms with Crippen molar-refractivity contribution in [1.82, 2.24) is 15.3 Å². The van der Waals surface area contributed by atoms with Gasteiger partial charge in [0.2, 0.25) is 5.91 Å². The zero-order valence-electron chi connectivity index (χ0n) is 11.5. The number of nitrogens with zero attached hydrogens (tertiary/aromatic N) is 1. The van der Waals surface area contributed by atoms with Crippen molar-refractivity contribution in [3.8, 4) is 11.5 Å². The van der Waals surface area contributed by atoms with Gasteiger partial charge in [0.15, 0.2) is 11.5 Å². The van der Waals surface area contributed by atoms with Gasteiger partial charge in [-0.1, -0.05) is 6.07 Å². The third-order valence-electron chi connectivity index (χ3n) is 2.82. The van der Waals surface area contributed by atoms with Gasteiger partial charge in [-0.15, -0.1) is 0 Å². The summed E-state index contributed by atoms with van der Waals surface area (Å²) in [4.78, 5) is 18.8. The number of imidazole rings is 1. The van der Waals surface area contributed by atoms with E-state index in [-0.39, 0.29) is 12.3 Å². The number of amides is 1. The van der Waals surface area contributed by atoms with Crippen LogP contribution in [0, 0.1) is 0 Å². The molecule has 0 saturated carbocycles. The van der Waals surface area contributed by atoms with Crippen LogP contribution in [0.25, 0.3) is 0 Å². The first-order chi connectivity index (χ1) is 9.72. The highest BCUT2D eigenvalue weighted by atomic mass is 16.5. The summed E-state index contributed by atoms with van der Waals surface area (Å²) in [5.74, 6) is 1.91. The Hall–Kier alpha value is -2.50. The second-order valence-electron chi connectivity index (χ2n) is 4.18. The number of hydrogen-bond donors (Lipinski definition) is 2. The Morgan fingerprint density at radius 1 is 1.30 bits per heavy atom. The summed E-state index contributed by atoms with van der Waals surface area (Å²) in [5, 5.41) is 2.79. The van der Waals surface area contributed by atoms with Crippen molar-refractivity contribution in [1.29, 1.82) is 0 Å². The van der Waals surface area contributed by atoms with E-state index in [1.807, 2.05) is 6.07 Å². The molecule has 0 bridgehead atoms. The molecule has 0 atom stereocenters. The van der Waals surface area contributed by atoms with Crippen molar-refractivity contribution in [3.05, 3.63) is 42.0 Å². The van der Waals surface area contributed by atoms with E-state index < -0.39 is 0 Å². The van der Waals surface area contributed by atoms with Gasteiger partial charge in [-0.05, 0) is 17.7 Å². The standard InChI is InChI=1S/C14H17N3O3/c1-19-11-4-3-10(7-12(11)20-2)8-14(18)17-9-13-15-5-6-16-13/h3-7H,8-9H2,1-2H3,(H,15,16)(H,17,18). The Labute approximate surface area is 117 Å². The van der Waals surface area contributed by atoms with Crippen LogP contribution in [0.5, 0.6) is 11.5 Å². The van der Waals surface area contributed by atoms with Gasteiger partial charge in [0.05, 0.1) is 27.2 Å². The third kappa shape index (κ3) is 3.50. The van der Waals surface area contributed by atoms with E-state index in [9.17, 15) is 4.79 Å². The van der Waals surface area contributed by atoms with E-state index in [1.165, 1.54) is 0 Å². The van der Waals surface area contributed by atoms with E-state index in [1.54, 1.807) is 38.7 Å². The highest BCUT2D eigenvalue weighted by molar-refractivity contribution is 5.78. The summed E-state index contributed by atoms with van der Waals surface area (Å²) in [6, 6.07) is 5.42. The summed E-state index contributed by atoms with van der Waals surface area (Å²) in [6.07, 6.45) is 3.65. The Morgan fingerprint density at radius 2 is 2.10 bits per heavy atom. The lowest BCUT2D eigenvalue weighted by atomic mass is 10.1. The number of aromatic nitrogens is 2. The molecule has 0 fully saturated rings. The highest BCUT2D eigenvalue weighted by Crippen LogP contribution is 2.27. The number of carbonyl (C=O) groups is 1. The van der Waals surface area contributed by atoms with Crippen molar-refractivity contribution < 1.29 is 14.3 Å². The van der Waals surface area contributed by atoms with Crippen molar-refractivity contribution in [2.45, 2.75) is 13.0 Å². The van der Waals surface area contributed by atoms with Crippen LogP contribution in [0.3, 0.4) is 0 Å². The second kappa shape index (κ2) is 6.60. The average Bonchev–Trinajstić information content (AvgIpc) is 2.98. The molecular weight excluding hydrogens is 258 g/mol. The van der Waals surface area contributed by atoms with Crippen LogP contribution in [0.1, 0.15) is 11.4 Å². The van der Waals surface area contributed by atoms with Gasteiger partial charge in [-0.25, -0.2) is 4.98 Å². The molecule has 1 heterocycles. The number of aromatic amines is 1. The first-order valence-corrected chi connectivity index (χ1v) is 6.18. The Kier molecular flexibility index (Phi) is 4.60. The highest BCUT2D eigenvalue weighted by Gasteiger charge is 2.08. The second-order valence-corrected chi connectivity index (χ2v) is 4.18. The number of methoxy groups -OCH3 is 2. The number of benzene rings is 1. The normalized spacial score (nSPS) is 10.1. The molecule has 0 aliphatic rings. The molecule has 106 valence electrons. The molecule has 0 aliphatic heterocycles. The summed E-state index contributed by atoms with van der Waals surface area (Å²) >= 11 is 0. The SMILES string of the molecule is COc1ccc(CC(=O)NCc2ncc[nH]2)cc1OC. The number of nitrogens with one attached hydrogen (secondary N) is 2. The van der Waals surface area contributed by atoms with Crippen LogP contribution in [0.15, 0.2) is 30.6 Å². The fraction of sp³-hybridized carbons (Fsp3) is 0.286. The number of ether oxygens (including phenoxy) is 2. The molecule has 6 nitrogen and oxygen atoms in total. The van der Waals surface area contributed by atoms with E-state index >= 15 is 0 Å². The Bertz CT molecular complexity index is 567. The number of H-pyrrole nitrogens is 1. The molecule has 0 radical (unpaired) electrons. The first kappa shape index (κ1) is 13.9. The zero-order valence-corrected chi connectivity index (χ0v) is 11.5. The van der Waals surface area contributed by atoms with Crippen LogP contribution < -0.4 is 14.8 Å². The van der Waals surface area contributed by atoms with Crippen molar-refractivity contribution >= 4 is 5.91 Å². The van der Waals surface area contributed by atoms with E-state index in [0.717, 1.165) is 11.4 Å². The summed E-state index contributed by atoms with van der Waals surface area (Å²) in [5.41, 5.74) is 0.861. The lowest BCUT2D eigenvalue weighted by molar-refractivity contribution is -0.120. The number of rotatable bonds is 6. The van der Waals surface area contributed by atoms with Gasteiger partial charge in [-0.3, -0.25) is 4.79 Å². The molecule has 0 aliphatic carbocycles. The van der Waals surface area contributed by atoms with E-state index in [0.29, 0.717) is 18.0 Å². The predicted octanol–water partition coefficient (Wildman–Crippen LogP) is 1.29. The maximum atomic E-state index is 11.8. The predicted molar refractivity (Wildman–Crippen MR) is 73.7 cm³/mol. The molecular formula is C14H17N3O3. The van der Waals surface area contributed by atoms with Gasteiger partial charge in [0.25, 0.3) is 0 Å². The molecule has 6 heteroatoms. The quantitative estimate of drug-likeness (QED) is 0.832. The number of hydrogen-bond acceptors (Lipinski definition) is 4. The molecule has 20 heavy (non-hydrogen) atoms. The Morgan fingerprint density at radius 3 is 2.75 bits per heavy atom. The molecule has 0 spiro atoms. The maximum Gasteiger partial charge on any atom is 0.224 e. The van der Waals surface area contributed by atoms with Gasteiger partial charge >= 0.3 is 0 Å². The molecule has 2 aromatic rings. The largest absolute Gasteiger partial charge is 0.493 e. The van der Waals surface area contributed by atoms with Gasteiger partial charge < -0.3 is 19.8 Å². The lowest BCUT2D eigenvalue weighted by Crippen LogP contribution is -2.25. The molecule has 2 N–H and O–H groups in total. The number of carbonyl (C=O) groups excluding carboxylic acids is 1. The summed E-state index contributed by atoms with van der Waals surface area (Å²) in [6.45, 7) is 0.388. The molecule has 1 amide bonds. The topological polar surface area (TPSA) is 76.2 Å². The average molecular weight is 275 g/mol.